The molecule has 0 bridgehead atoms. The zero-order chi connectivity index (χ0) is 18.4. The number of carbonyl (C=O) groups excluding carboxylic acids is 1. The summed E-state index contributed by atoms with van der Waals surface area (Å²) in [6, 6.07) is 7.75. The Morgan fingerprint density at radius 3 is 2.62 bits per heavy atom. The molecular weight excluding hydrogens is 358 g/mol. The van der Waals surface area contributed by atoms with Crippen molar-refractivity contribution >= 4 is 50.4 Å². The molecule has 0 spiro atoms. The van der Waals surface area contributed by atoms with Crippen LogP contribution in [0.1, 0.15) is 17.3 Å². The van der Waals surface area contributed by atoms with Gasteiger partial charge >= 0.3 is 5.97 Å². The first-order valence-electron chi connectivity index (χ1n) is 7.88. The van der Waals surface area contributed by atoms with Crippen molar-refractivity contribution in [3.8, 4) is 0 Å². The molecule has 0 saturated heterocycles. The summed E-state index contributed by atoms with van der Waals surface area (Å²) >= 11 is 5.96. The zero-order valence-electron chi connectivity index (χ0n) is 13.6. The number of ether oxygens (including phenoxy) is 1. The maximum atomic E-state index is 12.7. The SMILES string of the molecule is CCOC(=O)c1c[nH]c2cc3c(=O)c4cc(Cl)ccc4oc3cc2c1=O. The smallest absolute Gasteiger partial charge is 0.343 e. The highest BCUT2D eigenvalue weighted by Gasteiger charge is 2.16. The Bertz CT molecular complexity index is 1320. The number of esters is 1. The molecule has 6 nitrogen and oxygen atoms in total. The summed E-state index contributed by atoms with van der Waals surface area (Å²) in [6.45, 7) is 1.82. The van der Waals surface area contributed by atoms with E-state index in [9.17, 15) is 14.4 Å². The third-order valence-electron chi connectivity index (χ3n) is 4.13. The molecule has 2 heterocycles. The Hall–Kier alpha value is -3.12. The van der Waals surface area contributed by atoms with Gasteiger partial charge in [0.25, 0.3) is 0 Å². The van der Waals surface area contributed by atoms with Crippen molar-refractivity contribution in [1.82, 2.24) is 4.98 Å². The van der Waals surface area contributed by atoms with Crippen molar-refractivity contribution in [1.29, 1.82) is 0 Å². The van der Waals surface area contributed by atoms with E-state index in [0.717, 1.165) is 0 Å². The summed E-state index contributed by atoms with van der Waals surface area (Å²) < 4.78 is 10.7. The predicted molar refractivity (Wildman–Crippen MR) is 99.1 cm³/mol. The van der Waals surface area contributed by atoms with Crippen LogP contribution in [0, 0.1) is 0 Å². The van der Waals surface area contributed by atoms with Crippen molar-refractivity contribution < 1.29 is 13.9 Å². The largest absolute Gasteiger partial charge is 0.462 e. The van der Waals surface area contributed by atoms with E-state index in [4.69, 9.17) is 20.8 Å². The van der Waals surface area contributed by atoms with Gasteiger partial charge in [0.05, 0.1) is 28.3 Å². The zero-order valence-corrected chi connectivity index (χ0v) is 14.3. The number of hydrogen-bond donors (Lipinski definition) is 1. The van der Waals surface area contributed by atoms with Crippen LogP contribution in [0.5, 0.6) is 0 Å². The van der Waals surface area contributed by atoms with Gasteiger partial charge in [-0.05, 0) is 37.3 Å². The molecule has 0 saturated carbocycles. The van der Waals surface area contributed by atoms with Crippen LogP contribution in [0.2, 0.25) is 5.02 Å². The fourth-order valence-corrected chi connectivity index (χ4v) is 3.07. The minimum atomic E-state index is -0.703. The number of benzene rings is 2. The van der Waals surface area contributed by atoms with Gasteiger partial charge in [0.2, 0.25) is 10.9 Å². The van der Waals surface area contributed by atoms with E-state index in [1.807, 2.05) is 0 Å². The highest BCUT2D eigenvalue weighted by atomic mass is 35.5. The van der Waals surface area contributed by atoms with E-state index in [1.54, 1.807) is 25.1 Å². The fourth-order valence-electron chi connectivity index (χ4n) is 2.90. The van der Waals surface area contributed by atoms with Gasteiger partial charge in [0, 0.05) is 11.2 Å². The topological polar surface area (TPSA) is 89.4 Å². The molecule has 0 aliphatic rings. The van der Waals surface area contributed by atoms with Gasteiger partial charge in [-0.25, -0.2) is 4.79 Å². The average Bonchev–Trinajstić information content (AvgIpc) is 2.62. The Morgan fingerprint density at radius 1 is 1.08 bits per heavy atom. The molecule has 0 aliphatic carbocycles. The van der Waals surface area contributed by atoms with Crippen LogP contribution in [-0.2, 0) is 4.74 Å². The minimum absolute atomic E-state index is 0.103. The lowest BCUT2D eigenvalue weighted by Gasteiger charge is -2.06. The molecule has 4 rings (SSSR count). The van der Waals surface area contributed by atoms with Crippen molar-refractivity contribution in [2.24, 2.45) is 0 Å². The average molecular weight is 370 g/mol. The van der Waals surface area contributed by atoms with Crippen LogP contribution >= 0.6 is 11.6 Å². The summed E-state index contributed by atoms with van der Waals surface area (Å²) in [5.41, 5.74) is 0.199. The Labute approximate surface area is 150 Å². The molecule has 4 aromatic rings. The quantitative estimate of drug-likeness (QED) is 0.430. The van der Waals surface area contributed by atoms with Gasteiger partial charge in [-0.15, -0.1) is 0 Å². The molecule has 0 unspecified atom stereocenters. The van der Waals surface area contributed by atoms with E-state index in [1.165, 1.54) is 18.3 Å². The maximum Gasteiger partial charge on any atom is 0.343 e. The molecule has 130 valence electrons. The number of pyridine rings is 1. The first kappa shape index (κ1) is 16.4. The standard InChI is InChI=1S/C19H12ClNO5/c1-2-25-19(24)13-8-21-14-6-12-16(7-10(14)17(13)22)26-15-4-3-9(20)5-11(15)18(12)23/h3-8H,2H2,1H3,(H,21,22). The lowest BCUT2D eigenvalue weighted by molar-refractivity contribution is 0.0524. The third-order valence-corrected chi connectivity index (χ3v) is 4.36. The van der Waals surface area contributed by atoms with Crippen LogP contribution in [0.3, 0.4) is 0 Å². The molecular formula is C19H12ClNO5. The van der Waals surface area contributed by atoms with E-state index >= 15 is 0 Å². The molecule has 7 heteroatoms. The number of halogens is 1. The van der Waals surface area contributed by atoms with Crippen molar-refractivity contribution in [3.05, 3.63) is 67.6 Å². The van der Waals surface area contributed by atoms with Gasteiger partial charge in [-0.3, -0.25) is 9.59 Å². The third kappa shape index (κ3) is 2.46. The second kappa shape index (κ2) is 6.00. The Morgan fingerprint density at radius 2 is 1.85 bits per heavy atom. The molecule has 2 aromatic carbocycles. The highest BCUT2D eigenvalue weighted by molar-refractivity contribution is 6.31. The number of hydrogen-bond acceptors (Lipinski definition) is 5. The lowest BCUT2D eigenvalue weighted by Crippen LogP contribution is -2.18. The molecule has 0 fully saturated rings. The highest BCUT2D eigenvalue weighted by Crippen LogP contribution is 2.24. The van der Waals surface area contributed by atoms with Crippen molar-refractivity contribution in [2.75, 3.05) is 6.61 Å². The summed E-state index contributed by atoms with van der Waals surface area (Å²) in [5.74, 6) is -0.703. The summed E-state index contributed by atoms with van der Waals surface area (Å²) in [6.07, 6.45) is 1.29. The molecule has 2 aromatic heterocycles. The molecule has 0 aliphatic heterocycles. The molecule has 0 amide bonds. The second-order valence-corrected chi connectivity index (χ2v) is 6.15. The molecule has 1 N–H and O–H groups in total. The Kier molecular flexibility index (Phi) is 3.77. The van der Waals surface area contributed by atoms with Crippen LogP contribution in [0.4, 0.5) is 0 Å². The van der Waals surface area contributed by atoms with Crippen LogP contribution in [-0.4, -0.2) is 17.6 Å². The number of aromatic nitrogens is 1. The Balaban J connectivity index is 2.07. The number of nitrogens with one attached hydrogen (secondary N) is 1. The van der Waals surface area contributed by atoms with Crippen molar-refractivity contribution in [3.63, 3.8) is 0 Å². The lowest BCUT2D eigenvalue weighted by atomic mass is 10.1. The van der Waals surface area contributed by atoms with Gasteiger partial charge < -0.3 is 14.1 Å². The number of aromatic amines is 1. The van der Waals surface area contributed by atoms with Crippen LogP contribution in [0.25, 0.3) is 32.8 Å². The van der Waals surface area contributed by atoms with Crippen LogP contribution < -0.4 is 10.9 Å². The van der Waals surface area contributed by atoms with Crippen LogP contribution in [0.15, 0.2) is 50.5 Å². The number of fused-ring (bicyclic) bond motifs is 3. The van der Waals surface area contributed by atoms with E-state index in [2.05, 4.69) is 4.98 Å². The predicted octanol–water partition coefficient (Wildman–Crippen LogP) is 3.62. The molecule has 0 atom stereocenters. The second-order valence-electron chi connectivity index (χ2n) is 5.72. The maximum absolute atomic E-state index is 12.7. The fraction of sp³-hybridized carbons (Fsp3) is 0.105. The number of carbonyl (C=O) groups is 1. The number of rotatable bonds is 2. The van der Waals surface area contributed by atoms with E-state index in [-0.39, 0.29) is 28.6 Å². The van der Waals surface area contributed by atoms with Gasteiger partial charge in [0.15, 0.2) is 0 Å². The first-order valence-corrected chi connectivity index (χ1v) is 8.26. The summed E-state index contributed by atoms with van der Waals surface area (Å²) in [5, 5.41) is 1.33. The monoisotopic (exact) mass is 369 g/mol. The number of H-pyrrole nitrogens is 1. The summed E-state index contributed by atoms with van der Waals surface area (Å²) in [4.78, 5) is 40.1. The minimum Gasteiger partial charge on any atom is -0.462 e. The molecule has 26 heavy (non-hydrogen) atoms. The molecule has 0 radical (unpaired) electrons. The van der Waals surface area contributed by atoms with E-state index in [0.29, 0.717) is 26.9 Å². The summed E-state index contributed by atoms with van der Waals surface area (Å²) in [7, 11) is 0. The van der Waals surface area contributed by atoms with Gasteiger partial charge in [-0.1, -0.05) is 11.6 Å². The normalized spacial score (nSPS) is 11.3. The van der Waals surface area contributed by atoms with Gasteiger partial charge in [0.1, 0.15) is 16.7 Å². The van der Waals surface area contributed by atoms with Gasteiger partial charge in [-0.2, -0.15) is 0 Å². The van der Waals surface area contributed by atoms with Crippen molar-refractivity contribution in [2.45, 2.75) is 6.92 Å². The van der Waals surface area contributed by atoms with E-state index < -0.39 is 11.4 Å². The first-order chi connectivity index (χ1) is 12.5.